The van der Waals surface area contributed by atoms with E-state index in [4.69, 9.17) is 54.6 Å². The largest absolute Gasteiger partial charge is 0.497 e. The Morgan fingerprint density at radius 1 is 0.771 bits per heavy atom. The Labute approximate surface area is 432 Å². The van der Waals surface area contributed by atoms with E-state index in [1.165, 1.54) is 83.5 Å². The predicted molar refractivity (Wildman–Crippen MR) is 296 cm³/mol. The Kier molecular flexibility index (Phi) is 28.9. The summed E-state index contributed by atoms with van der Waals surface area (Å²) in [4.78, 5) is 4.58. The molecule has 2 unspecified atom stereocenters. The van der Waals surface area contributed by atoms with Crippen LogP contribution < -0.4 is 14.8 Å². The second-order valence-electron chi connectivity index (χ2n) is 19.3. The maximum atomic E-state index is 7.47. The van der Waals surface area contributed by atoms with E-state index >= 15 is 0 Å². The van der Waals surface area contributed by atoms with Crippen molar-refractivity contribution in [1.82, 2.24) is 9.99 Å². The molecule has 0 aromatic heterocycles. The minimum Gasteiger partial charge on any atom is -0.497 e. The standard InChI is InChI=1S/C58H87BN3O6PS/c1-9-10-11-12-13-14-15-16-17-18-19-22-28-33-55(70)61-42-29-23-20-21-27-32-53-56(68-69(66-44-43-60-6)62(46(2)3)47(4)5)54(67-57(53)59)45-65-58(48-30-25-24-26-31-48,49-34-38-51(63-7)39-35-49)50-36-40-52(64-8)41-37-50/h21,24-27,30-31,34-41,46-47,53-54,56-57H,9-20,22-23,28-29,32-33,42-45H2,1-5,7-8H3,(H,61,70)/b27-21+/t53-,54+,56?,57+,69?/m0/s1. The van der Waals surface area contributed by atoms with Crippen LogP contribution in [0.3, 0.4) is 0 Å². The molecule has 1 aliphatic rings. The van der Waals surface area contributed by atoms with Crippen molar-refractivity contribution < 1.29 is 28.0 Å². The first-order valence-corrected chi connectivity index (χ1v) is 28.2. The number of thiocarbonyl (C=S) groups is 1. The molecular weight excluding hydrogens is 909 g/mol. The van der Waals surface area contributed by atoms with Crippen molar-refractivity contribution in [3.63, 3.8) is 0 Å². The van der Waals surface area contributed by atoms with Gasteiger partial charge in [-0.2, -0.15) is 0 Å². The first-order chi connectivity index (χ1) is 34.1. The average Bonchev–Trinajstić information content (AvgIpc) is 3.66. The molecule has 70 heavy (non-hydrogen) atoms. The van der Waals surface area contributed by atoms with Gasteiger partial charge in [-0.05, 0) is 107 Å². The molecule has 9 nitrogen and oxygen atoms in total. The molecule has 5 atom stereocenters. The number of allylic oxidation sites excluding steroid dienone is 2. The molecule has 0 aliphatic carbocycles. The highest BCUT2D eigenvalue weighted by Gasteiger charge is 2.47. The quantitative estimate of drug-likeness (QED) is 0.0116. The van der Waals surface area contributed by atoms with E-state index in [2.05, 4.69) is 98.0 Å². The van der Waals surface area contributed by atoms with Crippen molar-refractivity contribution >= 4 is 33.6 Å². The monoisotopic (exact) mass is 996 g/mol. The van der Waals surface area contributed by atoms with Crippen LogP contribution >= 0.6 is 20.7 Å². The topological polar surface area (TPSA) is 75.0 Å². The lowest BCUT2D eigenvalue weighted by Crippen LogP contribution is -2.41. The van der Waals surface area contributed by atoms with Crippen LogP contribution in [0.5, 0.6) is 11.5 Å². The van der Waals surface area contributed by atoms with Crippen LogP contribution in [0.2, 0.25) is 0 Å². The molecule has 12 heteroatoms. The molecule has 0 spiro atoms. The SMILES string of the molecule is [B][C@@H]1O[C@H](COC(c2ccccc2)(c2ccc(OC)cc2)c2ccc(OC)cc2)C(OP(OCC[N+]#[C-])N(C(C)C)C(C)C)[C@@H]1C/C=C/CCCCNC(=S)CCCCCCCCCCCCCCC. The van der Waals surface area contributed by atoms with Gasteiger partial charge in [-0.3, -0.25) is 0 Å². The van der Waals surface area contributed by atoms with Crippen molar-refractivity contribution in [2.45, 2.75) is 186 Å². The number of hydrogen-bond donors (Lipinski definition) is 1. The number of benzene rings is 3. The molecule has 384 valence electrons. The van der Waals surface area contributed by atoms with Crippen LogP contribution in [0.1, 0.15) is 167 Å². The molecule has 1 aliphatic heterocycles. The van der Waals surface area contributed by atoms with Gasteiger partial charge in [0.15, 0.2) is 0 Å². The second-order valence-corrected chi connectivity index (χ2v) is 21.2. The van der Waals surface area contributed by atoms with Gasteiger partial charge >= 0.3 is 0 Å². The number of ether oxygens (including phenoxy) is 4. The van der Waals surface area contributed by atoms with Gasteiger partial charge in [-0.25, -0.2) is 11.2 Å². The van der Waals surface area contributed by atoms with Gasteiger partial charge in [-0.1, -0.05) is 163 Å². The fourth-order valence-corrected chi connectivity index (χ4v) is 11.5. The van der Waals surface area contributed by atoms with Crippen LogP contribution in [-0.2, 0) is 24.1 Å². The van der Waals surface area contributed by atoms with E-state index < -0.39 is 32.3 Å². The molecule has 0 amide bonds. The van der Waals surface area contributed by atoms with E-state index in [1.807, 2.05) is 42.5 Å². The summed E-state index contributed by atoms with van der Waals surface area (Å²) in [5.41, 5.74) is 1.74. The number of unbranched alkanes of at least 4 members (excludes halogenated alkanes) is 14. The second kappa shape index (κ2) is 34.2. The highest BCUT2D eigenvalue weighted by molar-refractivity contribution is 7.80. The predicted octanol–water partition coefficient (Wildman–Crippen LogP) is 14.7. The van der Waals surface area contributed by atoms with Crippen LogP contribution in [0.25, 0.3) is 4.85 Å². The van der Waals surface area contributed by atoms with Gasteiger partial charge in [-0.15, -0.1) is 0 Å². The zero-order valence-electron chi connectivity index (χ0n) is 44.0. The summed E-state index contributed by atoms with van der Waals surface area (Å²) in [7, 11) is 8.71. The maximum Gasteiger partial charge on any atom is 0.259 e. The van der Waals surface area contributed by atoms with E-state index in [0.29, 0.717) is 6.42 Å². The number of hydrogen-bond acceptors (Lipinski definition) is 8. The molecule has 1 fully saturated rings. The summed E-state index contributed by atoms with van der Waals surface area (Å²) in [6, 6.07) is 26.0. The molecular formula is C58H87BN3O6PS. The van der Waals surface area contributed by atoms with Crippen molar-refractivity contribution in [3.8, 4) is 11.5 Å². The number of nitrogens with one attached hydrogen (secondary N) is 1. The number of nitrogens with zero attached hydrogens (tertiary/aromatic N) is 2. The number of rotatable bonds is 37. The normalized spacial score (nSPS) is 17.7. The summed E-state index contributed by atoms with van der Waals surface area (Å²) in [6.07, 6.45) is 25.9. The molecule has 0 bridgehead atoms. The van der Waals surface area contributed by atoms with Gasteiger partial charge in [0.2, 0.25) is 6.54 Å². The minimum absolute atomic E-state index is 0.127. The first kappa shape index (κ1) is 59.2. The highest BCUT2D eigenvalue weighted by Crippen LogP contribution is 2.51. The lowest BCUT2D eigenvalue weighted by Gasteiger charge is -2.39. The van der Waals surface area contributed by atoms with Crippen molar-refractivity contribution in [2.75, 3.05) is 40.5 Å². The van der Waals surface area contributed by atoms with Gasteiger partial charge in [0.1, 0.15) is 37.7 Å². The summed E-state index contributed by atoms with van der Waals surface area (Å²) in [5.74, 6) is 1.31. The van der Waals surface area contributed by atoms with Gasteiger partial charge in [0.05, 0.1) is 31.9 Å². The van der Waals surface area contributed by atoms with Crippen LogP contribution in [0.4, 0.5) is 0 Å². The molecule has 4 rings (SSSR count). The summed E-state index contributed by atoms with van der Waals surface area (Å²) in [5, 5.41) is 3.51. The van der Waals surface area contributed by atoms with Crippen LogP contribution in [-0.4, -0.2) is 88.3 Å². The molecule has 2 radical (unpaired) electrons. The minimum atomic E-state index is -1.60. The Morgan fingerprint density at radius 2 is 1.31 bits per heavy atom. The van der Waals surface area contributed by atoms with Crippen molar-refractivity contribution in [3.05, 3.63) is 119 Å². The molecule has 3 aromatic carbocycles. The van der Waals surface area contributed by atoms with E-state index in [9.17, 15) is 0 Å². The van der Waals surface area contributed by atoms with Gasteiger partial charge in [0.25, 0.3) is 8.53 Å². The first-order valence-electron chi connectivity index (χ1n) is 26.6. The Morgan fingerprint density at radius 3 is 1.84 bits per heavy atom. The summed E-state index contributed by atoms with van der Waals surface area (Å²) >= 11 is 5.69. The third-order valence-electron chi connectivity index (χ3n) is 13.2. The lowest BCUT2D eigenvalue weighted by molar-refractivity contribution is -0.0717. The van der Waals surface area contributed by atoms with E-state index in [-0.39, 0.29) is 37.8 Å². The summed E-state index contributed by atoms with van der Waals surface area (Å²) in [6.45, 7) is 19.9. The molecule has 0 saturated carbocycles. The van der Waals surface area contributed by atoms with Crippen molar-refractivity contribution in [2.24, 2.45) is 5.92 Å². The zero-order chi connectivity index (χ0) is 50.4. The third-order valence-corrected chi connectivity index (χ3v) is 15.7. The van der Waals surface area contributed by atoms with Gasteiger partial charge < -0.3 is 38.2 Å². The number of methoxy groups -OCH3 is 2. The molecule has 1 N–H and O–H groups in total. The smallest absolute Gasteiger partial charge is 0.259 e. The van der Waals surface area contributed by atoms with Crippen LogP contribution in [0.15, 0.2) is 91.0 Å². The Balaban J connectivity index is 1.42. The highest BCUT2D eigenvalue weighted by atomic mass is 32.1. The molecule has 3 aromatic rings. The van der Waals surface area contributed by atoms with E-state index in [1.54, 1.807) is 14.2 Å². The fraction of sp³-hybridized carbons (Fsp3) is 0.621. The average molecular weight is 996 g/mol. The lowest BCUT2D eigenvalue weighted by atomic mass is 9.79. The molecule has 1 saturated heterocycles. The van der Waals surface area contributed by atoms with Crippen molar-refractivity contribution in [1.29, 1.82) is 0 Å². The zero-order valence-corrected chi connectivity index (χ0v) is 45.7. The van der Waals surface area contributed by atoms with E-state index in [0.717, 1.165) is 65.4 Å². The fourth-order valence-electron chi connectivity index (χ4n) is 9.44. The Hall–Kier alpha value is -3.33. The Bertz CT molecular complexity index is 1860. The van der Waals surface area contributed by atoms with Gasteiger partial charge in [0, 0.05) is 30.5 Å². The van der Waals surface area contributed by atoms with Crippen LogP contribution in [0, 0.1) is 12.5 Å². The third kappa shape index (κ3) is 19.6. The maximum absolute atomic E-state index is 7.47. The summed E-state index contributed by atoms with van der Waals surface area (Å²) < 4.78 is 41.2. The molecule has 1 heterocycles.